The van der Waals surface area contributed by atoms with E-state index in [-0.39, 0.29) is 0 Å². The van der Waals surface area contributed by atoms with E-state index < -0.39 is 0 Å². The lowest BCUT2D eigenvalue weighted by atomic mass is 10.1. The van der Waals surface area contributed by atoms with Crippen LogP contribution in [0.4, 0.5) is 5.82 Å². The summed E-state index contributed by atoms with van der Waals surface area (Å²) in [6, 6.07) is 4.17. The third-order valence-electron chi connectivity index (χ3n) is 3.18. The summed E-state index contributed by atoms with van der Waals surface area (Å²) in [6.45, 7) is 4.15. The Bertz CT molecular complexity index is 746. The van der Waals surface area contributed by atoms with Crippen molar-refractivity contribution in [3.8, 4) is 5.82 Å². The number of hydrogen-bond acceptors (Lipinski definition) is 5. The highest BCUT2D eigenvalue weighted by Gasteiger charge is 2.08. The van der Waals surface area contributed by atoms with E-state index in [1.54, 1.807) is 18.7 Å². The van der Waals surface area contributed by atoms with E-state index in [1.807, 2.05) is 4.57 Å². The predicted octanol–water partition coefficient (Wildman–Crippen LogP) is 1.72. The highest BCUT2D eigenvalue weighted by Crippen LogP contribution is 2.21. The molecule has 0 saturated carbocycles. The number of hydrazine groups is 1. The zero-order valence-electron chi connectivity index (χ0n) is 10.8. The van der Waals surface area contributed by atoms with Gasteiger partial charge in [-0.2, -0.15) is 0 Å². The van der Waals surface area contributed by atoms with Crippen LogP contribution >= 0.6 is 0 Å². The third kappa shape index (κ3) is 1.92. The molecule has 0 atom stereocenters. The summed E-state index contributed by atoms with van der Waals surface area (Å²) in [6.07, 6.45) is 4.99. The summed E-state index contributed by atoms with van der Waals surface area (Å²) in [5.41, 5.74) is 6.88. The van der Waals surface area contributed by atoms with Gasteiger partial charge in [0.15, 0.2) is 11.6 Å². The molecule has 3 rings (SSSR count). The lowest BCUT2D eigenvalue weighted by Crippen LogP contribution is -2.10. The number of rotatable bonds is 2. The van der Waals surface area contributed by atoms with Crippen molar-refractivity contribution >= 4 is 16.9 Å². The first kappa shape index (κ1) is 11.6. The molecule has 6 heteroatoms. The molecule has 6 nitrogen and oxygen atoms in total. The minimum atomic E-state index is 0.517. The second-order valence-corrected chi connectivity index (χ2v) is 4.45. The summed E-state index contributed by atoms with van der Waals surface area (Å²) in [7, 11) is 0. The maximum atomic E-state index is 5.35. The van der Waals surface area contributed by atoms with Gasteiger partial charge in [0.1, 0.15) is 6.33 Å². The number of hydrogen-bond donors (Lipinski definition) is 2. The Kier molecular flexibility index (Phi) is 2.64. The molecule has 96 valence electrons. The van der Waals surface area contributed by atoms with E-state index in [2.05, 4.69) is 46.4 Å². The van der Waals surface area contributed by atoms with E-state index >= 15 is 0 Å². The van der Waals surface area contributed by atoms with Gasteiger partial charge < -0.3 is 5.43 Å². The second-order valence-electron chi connectivity index (χ2n) is 4.45. The monoisotopic (exact) mass is 254 g/mol. The van der Waals surface area contributed by atoms with Crippen LogP contribution in [0.3, 0.4) is 0 Å². The van der Waals surface area contributed by atoms with Crippen LogP contribution in [0.1, 0.15) is 11.1 Å². The van der Waals surface area contributed by atoms with Gasteiger partial charge in [-0.15, -0.1) is 0 Å². The molecule has 0 saturated heterocycles. The SMILES string of the molecule is Cc1cc2ncn(-c3cncc(NN)n3)c2cc1C. The van der Waals surface area contributed by atoms with Crippen molar-refractivity contribution in [3.63, 3.8) is 0 Å². The molecule has 3 aromatic rings. The standard InChI is InChI=1S/C13H14N6/c1-8-3-10-11(4-9(8)2)19(7-16-10)13-6-15-5-12(17-13)18-14/h3-7H,14H2,1-2H3,(H,17,18). The molecule has 0 spiro atoms. The lowest BCUT2D eigenvalue weighted by Gasteiger charge is -2.06. The van der Waals surface area contributed by atoms with Gasteiger partial charge in [-0.25, -0.2) is 15.8 Å². The zero-order valence-corrected chi connectivity index (χ0v) is 10.8. The lowest BCUT2D eigenvalue weighted by molar-refractivity contribution is 0.991. The molecule has 3 N–H and O–H groups in total. The van der Waals surface area contributed by atoms with Crippen LogP contribution in [0.15, 0.2) is 30.9 Å². The molecule has 2 heterocycles. The van der Waals surface area contributed by atoms with Crippen LogP contribution in [-0.2, 0) is 0 Å². The molecule has 0 aliphatic rings. The van der Waals surface area contributed by atoms with Crippen molar-refractivity contribution < 1.29 is 0 Å². The van der Waals surface area contributed by atoms with Gasteiger partial charge in [-0.1, -0.05) is 0 Å². The molecule has 0 fully saturated rings. The summed E-state index contributed by atoms with van der Waals surface area (Å²) in [5, 5.41) is 0. The van der Waals surface area contributed by atoms with Gasteiger partial charge in [-0.05, 0) is 37.1 Å². The van der Waals surface area contributed by atoms with Crippen LogP contribution < -0.4 is 11.3 Å². The molecule has 0 bridgehead atoms. The Labute approximate surface area is 110 Å². The molecule has 2 aromatic heterocycles. The van der Waals surface area contributed by atoms with E-state index in [4.69, 9.17) is 5.84 Å². The molecule has 0 unspecified atom stereocenters. The third-order valence-corrected chi connectivity index (χ3v) is 3.18. The van der Waals surface area contributed by atoms with Crippen molar-refractivity contribution in [3.05, 3.63) is 42.0 Å². The molecule has 0 aliphatic carbocycles. The van der Waals surface area contributed by atoms with Gasteiger partial charge in [0.05, 0.1) is 23.4 Å². The fourth-order valence-electron chi connectivity index (χ4n) is 1.99. The van der Waals surface area contributed by atoms with Crippen molar-refractivity contribution in [2.45, 2.75) is 13.8 Å². The van der Waals surface area contributed by atoms with Crippen LogP contribution in [0.2, 0.25) is 0 Å². The highest BCUT2D eigenvalue weighted by atomic mass is 15.3. The largest absolute Gasteiger partial charge is 0.307 e. The number of anilines is 1. The first-order valence-electron chi connectivity index (χ1n) is 5.92. The number of nitrogens with zero attached hydrogens (tertiary/aromatic N) is 4. The summed E-state index contributed by atoms with van der Waals surface area (Å²) in [5.74, 6) is 6.55. The van der Waals surface area contributed by atoms with Crippen LogP contribution in [0.5, 0.6) is 0 Å². The Balaban J connectivity index is 2.22. The van der Waals surface area contributed by atoms with E-state index in [0.29, 0.717) is 11.6 Å². The summed E-state index contributed by atoms with van der Waals surface area (Å²) in [4.78, 5) is 12.9. The number of imidazole rings is 1. The van der Waals surface area contributed by atoms with E-state index in [0.717, 1.165) is 11.0 Å². The fraction of sp³-hybridized carbons (Fsp3) is 0.154. The second kappa shape index (κ2) is 4.33. The number of fused-ring (bicyclic) bond motifs is 1. The number of nitrogens with one attached hydrogen (secondary N) is 1. The molecule has 0 radical (unpaired) electrons. The average molecular weight is 254 g/mol. The molecule has 1 aromatic carbocycles. The Morgan fingerprint density at radius 3 is 2.74 bits per heavy atom. The van der Waals surface area contributed by atoms with Gasteiger partial charge in [0, 0.05) is 0 Å². The number of aryl methyl sites for hydroxylation is 2. The summed E-state index contributed by atoms with van der Waals surface area (Å²) >= 11 is 0. The minimum Gasteiger partial charge on any atom is -0.307 e. The molecule has 19 heavy (non-hydrogen) atoms. The van der Waals surface area contributed by atoms with Gasteiger partial charge in [0.2, 0.25) is 0 Å². The maximum Gasteiger partial charge on any atom is 0.160 e. The van der Waals surface area contributed by atoms with Gasteiger partial charge >= 0.3 is 0 Å². The van der Waals surface area contributed by atoms with Crippen LogP contribution in [0, 0.1) is 13.8 Å². The van der Waals surface area contributed by atoms with Crippen LogP contribution in [0.25, 0.3) is 16.9 Å². The normalized spacial score (nSPS) is 10.9. The molecular formula is C13H14N6. The smallest absolute Gasteiger partial charge is 0.160 e. The number of aromatic nitrogens is 4. The van der Waals surface area contributed by atoms with E-state index in [1.165, 1.54) is 11.1 Å². The summed E-state index contributed by atoms with van der Waals surface area (Å²) < 4.78 is 1.90. The Morgan fingerprint density at radius 1 is 1.16 bits per heavy atom. The quantitative estimate of drug-likeness (QED) is 0.537. The Morgan fingerprint density at radius 2 is 1.95 bits per heavy atom. The van der Waals surface area contributed by atoms with Crippen LogP contribution in [-0.4, -0.2) is 19.5 Å². The molecule has 0 amide bonds. The Hall–Kier alpha value is -2.47. The van der Waals surface area contributed by atoms with E-state index in [9.17, 15) is 0 Å². The van der Waals surface area contributed by atoms with Crippen molar-refractivity contribution in [1.29, 1.82) is 0 Å². The van der Waals surface area contributed by atoms with Gasteiger partial charge in [-0.3, -0.25) is 9.55 Å². The van der Waals surface area contributed by atoms with Crippen molar-refractivity contribution in [2.24, 2.45) is 5.84 Å². The zero-order chi connectivity index (χ0) is 13.4. The fourth-order valence-corrected chi connectivity index (χ4v) is 1.99. The minimum absolute atomic E-state index is 0.517. The first-order valence-corrected chi connectivity index (χ1v) is 5.92. The number of nitrogens with two attached hydrogens (primary N) is 1. The molecular weight excluding hydrogens is 240 g/mol. The van der Waals surface area contributed by atoms with Crippen molar-refractivity contribution in [1.82, 2.24) is 19.5 Å². The number of benzene rings is 1. The number of nitrogen functional groups attached to an aromatic ring is 1. The average Bonchev–Trinajstić information content (AvgIpc) is 2.82. The highest BCUT2D eigenvalue weighted by molar-refractivity contribution is 5.78. The van der Waals surface area contributed by atoms with Crippen molar-refractivity contribution in [2.75, 3.05) is 5.43 Å². The predicted molar refractivity (Wildman–Crippen MR) is 73.9 cm³/mol. The van der Waals surface area contributed by atoms with Gasteiger partial charge in [0.25, 0.3) is 0 Å². The first-order chi connectivity index (χ1) is 9.19. The topological polar surface area (TPSA) is 81.7 Å². The maximum absolute atomic E-state index is 5.35. The molecule has 0 aliphatic heterocycles.